The number of rotatable bonds is 6. The van der Waals surface area contributed by atoms with Gasteiger partial charge in [-0.1, -0.05) is 54.6 Å². The van der Waals surface area contributed by atoms with Gasteiger partial charge in [-0.15, -0.1) is 11.8 Å². The average Bonchev–Trinajstić information content (AvgIpc) is 2.85. The van der Waals surface area contributed by atoms with Crippen LogP contribution in [0.3, 0.4) is 0 Å². The van der Waals surface area contributed by atoms with E-state index in [1.807, 2.05) is 54.6 Å². The van der Waals surface area contributed by atoms with Gasteiger partial charge in [-0.2, -0.15) is 0 Å². The van der Waals surface area contributed by atoms with Crippen LogP contribution in [0.25, 0.3) is 21.9 Å². The Balaban J connectivity index is 1.28. The van der Waals surface area contributed by atoms with Crippen LogP contribution in [0.4, 0.5) is 10.1 Å². The molecule has 0 aromatic heterocycles. The third-order valence-electron chi connectivity index (χ3n) is 5.53. The Hall–Kier alpha value is -3.97. The molecule has 1 aliphatic rings. The Morgan fingerprint density at radius 3 is 2.44 bits per heavy atom. The number of hydrogen-bond donors (Lipinski definition) is 1. The highest BCUT2D eigenvalue weighted by Crippen LogP contribution is 2.42. The number of carbonyl (C=O) groups is 3. The highest BCUT2D eigenvalue weighted by atomic mass is 32.2. The molecule has 1 amide bonds. The minimum absolute atomic E-state index is 0.00352. The fourth-order valence-electron chi connectivity index (χ4n) is 4.07. The summed E-state index contributed by atoms with van der Waals surface area (Å²) in [4.78, 5) is 38.1. The number of benzene rings is 4. The van der Waals surface area contributed by atoms with Crippen LogP contribution < -0.4 is 5.32 Å². The van der Waals surface area contributed by atoms with Gasteiger partial charge >= 0.3 is 5.97 Å². The molecule has 34 heavy (non-hydrogen) atoms. The van der Waals surface area contributed by atoms with Crippen LogP contribution in [0.2, 0.25) is 0 Å². The molecule has 5 nitrogen and oxygen atoms in total. The van der Waals surface area contributed by atoms with Crippen LogP contribution in [-0.4, -0.2) is 30.0 Å². The molecule has 5 rings (SSSR count). The highest BCUT2D eigenvalue weighted by Gasteiger charge is 2.25. The number of fused-ring (bicyclic) bond motifs is 2. The standard InChI is InChI=1S/C27H18FNO4S/c28-16-5-3-6-17(13-16)29-24(30)14-33-25(31)15-34-23-12-11-19-18-7-1-2-8-20(18)27(32)22-10-4-9-21(23)26(19)22/h1-13H,14-15H2,(H,29,30). The maximum absolute atomic E-state index is 13.2. The summed E-state index contributed by atoms with van der Waals surface area (Å²) in [5, 5.41) is 4.24. The van der Waals surface area contributed by atoms with Crippen LogP contribution in [0.1, 0.15) is 15.9 Å². The number of thioether (sulfide) groups is 1. The van der Waals surface area contributed by atoms with Crippen LogP contribution in [0.5, 0.6) is 0 Å². The summed E-state index contributed by atoms with van der Waals surface area (Å²) in [6.45, 7) is -0.467. The number of amides is 1. The van der Waals surface area contributed by atoms with E-state index in [9.17, 15) is 18.8 Å². The van der Waals surface area contributed by atoms with Gasteiger partial charge in [-0.25, -0.2) is 4.39 Å². The summed E-state index contributed by atoms with van der Waals surface area (Å²) in [5.41, 5.74) is 3.50. The van der Waals surface area contributed by atoms with Crippen LogP contribution >= 0.6 is 11.8 Å². The predicted octanol–water partition coefficient (Wildman–Crippen LogP) is 5.46. The van der Waals surface area contributed by atoms with Crippen molar-refractivity contribution in [1.82, 2.24) is 0 Å². The molecule has 0 fully saturated rings. The first-order valence-electron chi connectivity index (χ1n) is 10.5. The lowest BCUT2D eigenvalue weighted by Crippen LogP contribution is -2.21. The molecule has 0 unspecified atom stereocenters. The van der Waals surface area contributed by atoms with Gasteiger partial charge in [0, 0.05) is 27.1 Å². The number of esters is 1. The third-order valence-corrected chi connectivity index (χ3v) is 6.57. The molecule has 0 bridgehead atoms. The predicted molar refractivity (Wildman–Crippen MR) is 130 cm³/mol. The molecule has 0 heterocycles. The topological polar surface area (TPSA) is 72.5 Å². The second-order valence-corrected chi connectivity index (χ2v) is 8.74. The second-order valence-electron chi connectivity index (χ2n) is 7.72. The largest absolute Gasteiger partial charge is 0.455 e. The zero-order chi connectivity index (χ0) is 23.7. The lowest BCUT2D eigenvalue weighted by molar-refractivity contribution is -0.144. The lowest BCUT2D eigenvalue weighted by Gasteiger charge is -2.21. The normalized spacial score (nSPS) is 11.7. The number of halogens is 1. The molecule has 1 N–H and O–H groups in total. The van der Waals surface area contributed by atoms with E-state index in [1.54, 1.807) is 6.07 Å². The Bertz CT molecular complexity index is 1470. The van der Waals surface area contributed by atoms with Crippen molar-refractivity contribution in [2.24, 2.45) is 0 Å². The minimum atomic E-state index is -0.554. The molecule has 4 aromatic rings. The average molecular weight is 472 g/mol. The van der Waals surface area contributed by atoms with Crippen molar-refractivity contribution in [3.8, 4) is 11.1 Å². The van der Waals surface area contributed by atoms with E-state index in [0.717, 1.165) is 26.8 Å². The van der Waals surface area contributed by atoms with Gasteiger partial charge in [0.15, 0.2) is 12.4 Å². The van der Waals surface area contributed by atoms with Crippen LogP contribution in [-0.2, 0) is 14.3 Å². The molecule has 0 saturated carbocycles. The molecule has 7 heteroatoms. The molecule has 0 radical (unpaired) electrons. The van der Waals surface area contributed by atoms with Gasteiger partial charge in [0.05, 0.1) is 5.75 Å². The maximum Gasteiger partial charge on any atom is 0.316 e. The fourth-order valence-corrected chi connectivity index (χ4v) is 4.91. The van der Waals surface area contributed by atoms with Crippen molar-refractivity contribution in [2.45, 2.75) is 4.90 Å². The summed E-state index contributed by atoms with van der Waals surface area (Å²) in [7, 11) is 0. The molecule has 4 aromatic carbocycles. The van der Waals surface area contributed by atoms with E-state index in [-0.39, 0.29) is 17.2 Å². The maximum atomic E-state index is 13.2. The van der Waals surface area contributed by atoms with E-state index in [4.69, 9.17) is 4.74 Å². The Kier molecular flexibility index (Phi) is 5.86. The Morgan fingerprint density at radius 2 is 1.62 bits per heavy atom. The first kappa shape index (κ1) is 21.9. The fraction of sp³-hybridized carbons (Fsp3) is 0.0741. The van der Waals surface area contributed by atoms with Crippen molar-refractivity contribution in [3.05, 3.63) is 95.8 Å². The van der Waals surface area contributed by atoms with E-state index in [1.165, 1.54) is 30.0 Å². The zero-order valence-corrected chi connectivity index (χ0v) is 18.7. The van der Waals surface area contributed by atoms with Gasteiger partial charge in [0.2, 0.25) is 0 Å². The van der Waals surface area contributed by atoms with Crippen LogP contribution in [0, 0.1) is 5.82 Å². The smallest absolute Gasteiger partial charge is 0.316 e. The summed E-state index contributed by atoms with van der Waals surface area (Å²) in [6, 6.07) is 22.5. The molecule has 0 spiro atoms. The van der Waals surface area contributed by atoms with E-state index < -0.39 is 24.3 Å². The van der Waals surface area contributed by atoms with Crippen molar-refractivity contribution in [1.29, 1.82) is 0 Å². The quantitative estimate of drug-likeness (QED) is 0.263. The van der Waals surface area contributed by atoms with E-state index >= 15 is 0 Å². The monoisotopic (exact) mass is 471 g/mol. The number of carbonyl (C=O) groups excluding carboxylic acids is 3. The summed E-state index contributed by atoms with van der Waals surface area (Å²) >= 11 is 1.28. The second kappa shape index (κ2) is 9.11. The number of ketones is 1. The summed E-state index contributed by atoms with van der Waals surface area (Å²) in [5.74, 6) is -1.60. The first-order chi connectivity index (χ1) is 16.5. The highest BCUT2D eigenvalue weighted by molar-refractivity contribution is 8.00. The number of nitrogens with one attached hydrogen (secondary N) is 1. The molecular formula is C27H18FNO4S. The van der Waals surface area contributed by atoms with Crippen molar-refractivity contribution >= 4 is 45.9 Å². The molecule has 0 saturated heterocycles. The lowest BCUT2D eigenvalue weighted by atomic mass is 9.83. The molecule has 0 aliphatic heterocycles. The van der Waals surface area contributed by atoms with Crippen LogP contribution in [0.15, 0.2) is 83.8 Å². The molecule has 168 valence electrons. The van der Waals surface area contributed by atoms with Crippen molar-refractivity contribution in [3.63, 3.8) is 0 Å². The molecule has 1 aliphatic carbocycles. The molecular weight excluding hydrogens is 453 g/mol. The van der Waals surface area contributed by atoms with E-state index in [2.05, 4.69) is 5.32 Å². The van der Waals surface area contributed by atoms with Gasteiger partial charge in [0.1, 0.15) is 5.82 Å². The zero-order valence-electron chi connectivity index (χ0n) is 17.8. The van der Waals surface area contributed by atoms with Gasteiger partial charge < -0.3 is 10.1 Å². The van der Waals surface area contributed by atoms with E-state index in [0.29, 0.717) is 11.1 Å². The summed E-state index contributed by atoms with van der Waals surface area (Å²) in [6.07, 6.45) is 0. The number of hydrogen-bond acceptors (Lipinski definition) is 5. The summed E-state index contributed by atoms with van der Waals surface area (Å²) < 4.78 is 18.3. The molecule has 0 atom stereocenters. The SMILES string of the molecule is O=C(COC(=O)CSc1ccc2c3c(cccc13)C(=O)c1ccccc1-2)Nc1cccc(F)c1. The van der Waals surface area contributed by atoms with Gasteiger partial charge in [-0.3, -0.25) is 14.4 Å². The van der Waals surface area contributed by atoms with Gasteiger partial charge in [-0.05, 0) is 40.8 Å². The Morgan fingerprint density at radius 1 is 0.853 bits per heavy atom. The number of anilines is 1. The van der Waals surface area contributed by atoms with Gasteiger partial charge in [0.25, 0.3) is 5.91 Å². The Labute approximate surface area is 198 Å². The van der Waals surface area contributed by atoms with Crippen molar-refractivity contribution < 1.29 is 23.5 Å². The third kappa shape index (κ3) is 4.18. The minimum Gasteiger partial charge on any atom is -0.455 e. The number of ether oxygens (including phenoxy) is 1. The van der Waals surface area contributed by atoms with Crippen molar-refractivity contribution in [2.75, 3.05) is 17.7 Å². The first-order valence-corrected chi connectivity index (χ1v) is 11.5.